The van der Waals surface area contributed by atoms with Crippen molar-refractivity contribution in [2.45, 2.75) is 39.8 Å². The lowest BCUT2D eigenvalue weighted by molar-refractivity contribution is -0.114. The highest BCUT2D eigenvalue weighted by molar-refractivity contribution is 5.88. The predicted molar refractivity (Wildman–Crippen MR) is 95.9 cm³/mol. The molecule has 6 heteroatoms. The van der Waals surface area contributed by atoms with E-state index in [1.807, 2.05) is 29.2 Å². The number of carbonyl (C=O) groups is 2. The normalized spacial score (nSPS) is 17.2. The van der Waals surface area contributed by atoms with E-state index in [0.29, 0.717) is 12.6 Å². The summed E-state index contributed by atoms with van der Waals surface area (Å²) in [6, 6.07) is 7.97. The zero-order chi connectivity index (χ0) is 17.5. The molecular weight excluding hydrogens is 304 g/mol. The molecule has 1 aromatic rings. The Morgan fingerprint density at radius 2 is 2.04 bits per heavy atom. The first-order chi connectivity index (χ1) is 11.5. The Morgan fingerprint density at radius 1 is 1.29 bits per heavy atom. The minimum Gasteiger partial charge on any atom is -0.334 e. The van der Waals surface area contributed by atoms with Gasteiger partial charge in [0.1, 0.15) is 0 Å². The van der Waals surface area contributed by atoms with Crippen LogP contribution in [0.5, 0.6) is 0 Å². The van der Waals surface area contributed by atoms with Gasteiger partial charge in [0.15, 0.2) is 0 Å². The Hall–Kier alpha value is -2.08. The predicted octanol–water partition coefficient (Wildman–Crippen LogP) is 2.27. The number of anilines is 1. The summed E-state index contributed by atoms with van der Waals surface area (Å²) < 4.78 is 0. The van der Waals surface area contributed by atoms with Crippen LogP contribution < -0.4 is 10.6 Å². The highest BCUT2D eigenvalue weighted by Crippen LogP contribution is 2.16. The van der Waals surface area contributed by atoms with E-state index >= 15 is 0 Å². The fourth-order valence-corrected chi connectivity index (χ4v) is 3.22. The van der Waals surface area contributed by atoms with Crippen LogP contribution in [0, 0.1) is 0 Å². The molecule has 3 amide bonds. The van der Waals surface area contributed by atoms with Crippen molar-refractivity contribution < 1.29 is 9.59 Å². The molecular formula is C18H28N4O2. The number of carbonyl (C=O) groups excluding carboxylic acids is 2. The molecule has 0 saturated carbocycles. The number of benzene rings is 1. The number of likely N-dealkylation sites (N-methyl/N-ethyl adjacent to an activating group) is 1. The van der Waals surface area contributed by atoms with Crippen molar-refractivity contribution in [3.63, 3.8) is 0 Å². The molecule has 1 heterocycles. The summed E-state index contributed by atoms with van der Waals surface area (Å²) in [6.07, 6.45) is 1.03. The fourth-order valence-electron chi connectivity index (χ4n) is 3.22. The third-order valence-electron chi connectivity index (χ3n) is 4.47. The lowest BCUT2D eigenvalue weighted by atomic mass is 10.2. The summed E-state index contributed by atoms with van der Waals surface area (Å²) in [5, 5.41) is 5.72. The molecule has 1 atom stereocenters. The average Bonchev–Trinajstić information content (AvgIpc) is 3.03. The molecule has 2 rings (SSSR count). The molecule has 0 unspecified atom stereocenters. The fraction of sp³-hybridized carbons (Fsp3) is 0.556. The molecule has 0 radical (unpaired) electrons. The maximum Gasteiger partial charge on any atom is 0.317 e. The Kier molecular flexibility index (Phi) is 6.61. The second-order valence-electron chi connectivity index (χ2n) is 6.15. The molecule has 1 aliphatic heterocycles. The van der Waals surface area contributed by atoms with Crippen LogP contribution in [0.1, 0.15) is 32.8 Å². The average molecular weight is 332 g/mol. The molecule has 2 N–H and O–H groups in total. The number of hydrogen-bond acceptors (Lipinski definition) is 3. The zero-order valence-corrected chi connectivity index (χ0v) is 14.8. The SMILES string of the molecule is CCN(CC)[C@@H]1CCN(C(=O)NCc2cccc(NC(C)=O)c2)C1. The molecule has 24 heavy (non-hydrogen) atoms. The van der Waals surface area contributed by atoms with Gasteiger partial charge in [0, 0.05) is 38.3 Å². The summed E-state index contributed by atoms with van der Waals surface area (Å²) in [5.41, 5.74) is 1.71. The first kappa shape index (κ1) is 18.3. The molecule has 0 spiro atoms. The summed E-state index contributed by atoms with van der Waals surface area (Å²) in [7, 11) is 0. The van der Waals surface area contributed by atoms with Gasteiger partial charge in [-0.05, 0) is 37.2 Å². The standard InChI is InChI=1S/C18H28N4O2/c1-4-21(5-2)17-9-10-22(13-17)18(24)19-12-15-7-6-8-16(11-15)20-14(3)23/h6-8,11,17H,4-5,9-10,12-13H2,1-3H3,(H,19,24)(H,20,23)/t17-/m1/s1. The molecule has 6 nitrogen and oxygen atoms in total. The van der Waals surface area contributed by atoms with Gasteiger partial charge in [-0.2, -0.15) is 0 Å². The number of likely N-dealkylation sites (tertiary alicyclic amines) is 1. The quantitative estimate of drug-likeness (QED) is 0.840. The number of rotatable bonds is 6. The minimum atomic E-state index is -0.101. The van der Waals surface area contributed by atoms with Gasteiger partial charge in [-0.1, -0.05) is 26.0 Å². The third-order valence-corrected chi connectivity index (χ3v) is 4.47. The van der Waals surface area contributed by atoms with Gasteiger partial charge >= 0.3 is 6.03 Å². The molecule has 1 fully saturated rings. The van der Waals surface area contributed by atoms with Gasteiger partial charge in [-0.15, -0.1) is 0 Å². The summed E-state index contributed by atoms with van der Waals surface area (Å²) in [5.74, 6) is -0.101. The van der Waals surface area contributed by atoms with Crippen LogP contribution in [0.4, 0.5) is 10.5 Å². The van der Waals surface area contributed by atoms with E-state index in [0.717, 1.165) is 43.9 Å². The van der Waals surface area contributed by atoms with Crippen molar-refractivity contribution in [1.82, 2.24) is 15.1 Å². The van der Waals surface area contributed by atoms with E-state index in [1.54, 1.807) is 0 Å². The lowest BCUT2D eigenvalue weighted by Crippen LogP contribution is -2.42. The Bertz CT molecular complexity index is 572. The highest BCUT2D eigenvalue weighted by atomic mass is 16.2. The number of amides is 3. The molecule has 0 aromatic heterocycles. The molecule has 1 aliphatic rings. The molecule has 132 valence electrons. The molecule has 0 aliphatic carbocycles. The number of nitrogens with one attached hydrogen (secondary N) is 2. The molecule has 1 aromatic carbocycles. The molecule has 1 saturated heterocycles. The lowest BCUT2D eigenvalue weighted by Gasteiger charge is -2.26. The van der Waals surface area contributed by atoms with Crippen molar-refractivity contribution in [3.05, 3.63) is 29.8 Å². The van der Waals surface area contributed by atoms with E-state index in [-0.39, 0.29) is 11.9 Å². The number of hydrogen-bond donors (Lipinski definition) is 2. The first-order valence-electron chi connectivity index (χ1n) is 8.66. The largest absolute Gasteiger partial charge is 0.334 e. The van der Waals surface area contributed by atoms with E-state index in [9.17, 15) is 9.59 Å². The summed E-state index contributed by atoms with van der Waals surface area (Å²) in [6.45, 7) is 9.90. The number of nitrogens with zero attached hydrogens (tertiary/aromatic N) is 2. The second kappa shape index (κ2) is 8.68. The van der Waals surface area contributed by atoms with E-state index in [4.69, 9.17) is 0 Å². The maximum atomic E-state index is 12.4. The van der Waals surface area contributed by atoms with Gasteiger partial charge in [0.2, 0.25) is 5.91 Å². The smallest absolute Gasteiger partial charge is 0.317 e. The first-order valence-corrected chi connectivity index (χ1v) is 8.66. The monoisotopic (exact) mass is 332 g/mol. The number of urea groups is 1. The topological polar surface area (TPSA) is 64.7 Å². The van der Waals surface area contributed by atoms with Crippen LogP contribution in [0.2, 0.25) is 0 Å². The summed E-state index contributed by atoms with van der Waals surface area (Å²) in [4.78, 5) is 27.8. The van der Waals surface area contributed by atoms with Gasteiger partial charge in [-0.25, -0.2) is 4.79 Å². The van der Waals surface area contributed by atoms with Crippen molar-refractivity contribution in [2.75, 3.05) is 31.5 Å². The summed E-state index contributed by atoms with van der Waals surface area (Å²) >= 11 is 0. The van der Waals surface area contributed by atoms with Gasteiger partial charge in [0.05, 0.1) is 0 Å². The van der Waals surface area contributed by atoms with E-state index in [2.05, 4.69) is 29.4 Å². The van der Waals surface area contributed by atoms with E-state index < -0.39 is 0 Å². The zero-order valence-electron chi connectivity index (χ0n) is 14.8. The van der Waals surface area contributed by atoms with Gasteiger partial charge < -0.3 is 15.5 Å². The van der Waals surface area contributed by atoms with Crippen LogP contribution in [-0.2, 0) is 11.3 Å². The van der Waals surface area contributed by atoms with Gasteiger partial charge in [-0.3, -0.25) is 9.69 Å². The van der Waals surface area contributed by atoms with Crippen LogP contribution in [0.15, 0.2) is 24.3 Å². The van der Waals surface area contributed by atoms with E-state index in [1.165, 1.54) is 6.92 Å². The van der Waals surface area contributed by atoms with Crippen molar-refractivity contribution >= 4 is 17.6 Å². The maximum absolute atomic E-state index is 12.4. The van der Waals surface area contributed by atoms with Crippen molar-refractivity contribution in [1.29, 1.82) is 0 Å². The Morgan fingerprint density at radius 3 is 2.71 bits per heavy atom. The minimum absolute atomic E-state index is 0.0189. The van der Waals surface area contributed by atoms with Crippen molar-refractivity contribution in [2.24, 2.45) is 0 Å². The third kappa shape index (κ3) is 4.96. The highest BCUT2D eigenvalue weighted by Gasteiger charge is 2.28. The van der Waals surface area contributed by atoms with Gasteiger partial charge in [0.25, 0.3) is 0 Å². The second-order valence-corrected chi connectivity index (χ2v) is 6.15. The van der Waals surface area contributed by atoms with Crippen LogP contribution in [0.3, 0.4) is 0 Å². The molecule has 0 bridgehead atoms. The van der Waals surface area contributed by atoms with Crippen LogP contribution in [0.25, 0.3) is 0 Å². The Labute approximate surface area is 144 Å². The van der Waals surface area contributed by atoms with Crippen LogP contribution in [-0.4, -0.2) is 54.0 Å². The van der Waals surface area contributed by atoms with Crippen molar-refractivity contribution in [3.8, 4) is 0 Å². The Balaban J connectivity index is 1.84. The van der Waals surface area contributed by atoms with Crippen LogP contribution >= 0.6 is 0 Å².